The summed E-state index contributed by atoms with van der Waals surface area (Å²) in [6.07, 6.45) is 3.32. The van der Waals surface area contributed by atoms with E-state index in [4.69, 9.17) is 10.4 Å². The van der Waals surface area contributed by atoms with Crippen LogP contribution in [-0.2, 0) is 0 Å². The van der Waals surface area contributed by atoms with Crippen LogP contribution in [0, 0.1) is 11.8 Å². The predicted octanol–water partition coefficient (Wildman–Crippen LogP) is 0.594. The molecule has 4 nitrogen and oxygen atoms in total. The Hall–Kier alpha value is -0.610. The maximum atomic E-state index is 8.75. The fourth-order valence-corrected chi connectivity index (χ4v) is 2.40. The first-order chi connectivity index (χ1) is 5.36. The second kappa shape index (κ2) is 2.46. The third-order valence-corrected chi connectivity index (χ3v) is 2.94. The SMILES string of the molecule is ON=C1C2CCC(C2)C1NO. The molecule has 4 heteroatoms. The zero-order valence-corrected chi connectivity index (χ0v) is 6.20. The summed E-state index contributed by atoms with van der Waals surface area (Å²) in [5.74, 6) is 0.894. The normalized spacial score (nSPS) is 45.5. The zero-order chi connectivity index (χ0) is 7.84. The molecule has 11 heavy (non-hydrogen) atoms. The van der Waals surface area contributed by atoms with Crippen LogP contribution in [0.2, 0.25) is 0 Å². The summed E-state index contributed by atoms with van der Waals surface area (Å²) in [7, 11) is 0. The van der Waals surface area contributed by atoms with Gasteiger partial charge in [-0.15, -0.1) is 0 Å². The van der Waals surface area contributed by atoms with Gasteiger partial charge in [-0.3, -0.25) is 0 Å². The van der Waals surface area contributed by atoms with E-state index in [1.165, 1.54) is 0 Å². The molecule has 62 valence electrons. The lowest BCUT2D eigenvalue weighted by molar-refractivity contribution is 0.128. The van der Waals surface area contributed by atoms with Gasteiger partial charge in [0.1, 0.15) is 0 Å². The minimum absolute atomic E-state index is 0.0845. The van der Waals surface area contributed by atoms with Crippen molar-refractivity contribution >= 4 is 5.71 Å². The summed E-state index contributed by atoms with van der Waals surface area (Å²) < 4.78 is 0. The van der Waals surface area contributed by atoms with Crippen LogP contribution in [0.1, 0.15) is 19.3 Å². The molecule has 0 amide bonds. The Morgan fingerprint density at radius 3 is 2.82 bits per heavy atom. The summed E-state index contributed by atoms with van der Waals surface area (Å²) in [4.78, 5) is 0. The van der Waals surface area contributed by atoms with Crippen molar-refractivity contribution in [3.8, 4) is 0 Å². The van der Waals surface area contributed by atoms with Gasteiger partial charge in [-0.05, 0) is 25.2 Å². The molecule has 0 saturated heterocycles. The molecular weight excluding hydrogens is 144 g/mol. The molecule has 0 aromatic carbocycles. The first-order valence-electron chi connectivity index (χ1n) is 3.98. The van der Waals surface area contributed by atoms with Crippen LogP contribution < -0.4 is 5.48 Å². The molecule has 2 fully saturated rings. The summed E-state index contributed by atoms with van der Waals surface area (Å²) >= 11 is 0. The Kier molecular flexibility index (Phi) is 1.58. The molecule has 0 aliphatic heterocycles. The van der Waals surface area contributed by atoms with E-state index in [9.17, 15) is 0 Å². The number of rotatable bonds is 1. The van der Waals surface area contributed by atoms with Crippen LogP contribution >= 0.6 is 0 Å². The molecule has 0 aromatic heterocycles. The number of nitrogens with zero attached hydrogens (tertiary/aromatic N) is 1. The average molecular weight is 156 g/mol. The number of hydroxylamine groups is 1. The van der Waals surface area contributed by atoms with Crippen molar-refractivity contribution in [1.29, 1.82) is 0 Å². The summed E-state index contributed by atoms with van der Waals surface area (Å²) in [6, 6.07) is -0.0845. The van der Waals surface area contributed by atoms with E-state index in [1.54, 1.807) is 0 Å². The highest BCUT2D eigenvalue weighted by molar-refractivity contribution is 5.94. The van der Waals surface area contributed by atoms with Crippen LogP contribution in [-0.4, -0.2) is 22.2 Å². The van der Waals surface area contributed by atoms with E-state index in [0.717, 1.165) is 25.0 Å². The van der Waals surface area contributed by atoms with E-state index in [2.05, 4.69) is 10.6 Å². The molecular formula is C7H12N2O2. The molecule has 3 atom stereocenters. The van der Waals surface area contributed by atoms with E-state index >= 15 is 0 Å². The summed E-state index contributed by atoms with van der Waals surface area (Å²) in [5, 5.41) is 20.6. The fourth-order valence-electron chi connectivity index (χ4n) is 2.40. The topological polar surface area (TPSA) is 64.9 Å². The molecule has 0 radical (unpaired) electrons. The molecule has 2 aliphatic carbocycles. The van der Waals surface area contributed by atoms with Crippen LogP contribution in [0.5, 0.6) is 0 Å². The lowest BCUT2D eigenvalue weighted by Crippen LogP contribution is -2.39. The van der Waals surface area contributed by atoms with Gasteiger partial charge in [-0.25, -0.2) is 0 Å². The summed E-state index contributed by atoms with van der Waals surface area (Å²) in [6.45, 7) is 0. The van der Waals surface area contributed by atoms with Gasteiger partial charge in [0, 0.05) is 5.92 Å². The number of hydrogen-bond acceptors (Lipinski definition) is 4. The lowest BCUT2D eigenvalue weighted by atomic mass is 9.94. The Morgan fingerprint density at radius 1 is 1.45 bits per heavy atom. The molecule has 2 saturated carbocycles. The van der Waals surface area contributed by atoms with E-state index in [1.807, 2.05) is 0 Å². The quantitative estimate of drug-likeness (QED) is 0.384. The van der Waals surface area contributed by atoms with Crippen molar-refractivity contribution in [3.63, 3.8) is 0 Å². The molecule has 0 heterocycles. The van der Waals surface area contributed by atoms with Gasteiger partial charge >= 0.3 is 0 Å². The Morgan fingerprint density at radius 2 is 2.27 bits per heavy atom. The van der Waals surface area contributed by atoms with Gasteiger partial charge in [0.05, 0.1) is 11.8 Å². The van der Waals surface area contributed by atoms with Crippen LogP contribution in [0.25, 0.3) is 0 Å². The number of oxime groups is 1. The first-order valence-corrected chi connectivity index (χ1v) is 3.98. The molecule has 2 rings (SSSR count). The highest BCUT2D eigenvalue weighted by Crippen LogP contribution is 2.42. The van der Waals surface area contributed by atoms with Crippen molar-refractivity contribution < 1.29 is 10.4 Å². The van der Waals surface area contributed by atoms with Gasteiger partial charge in [0.25, 0.3) is 0 Å². The molecule has 0 spiro atoms. The van der Waals surface area contributed by atoms with Gasteiger partial charge in [-0.2, -0.15) is 5.48 Å². The van der Waals surface area contributed by atoms with Crippen molar-refractivity contribution in [2.45, 2.75) is 25.3 Å². The molecule has 2 aliphatic rings. The fraction of sp³-hybridized carbons (Fsp3) is 0.857. The predicted molar refractivity (Wildman–Crippen MR) is 38.8 cm³/mol. The highest BCUT2D eigenvalue weighted by Gasteiger charge is 2.45. The zero-order valence-electron chi connectivity index (χ0n) is 6.20. The third-order valence-electron chi connectivity index (χ3n) is 2.94. The van der Waals surface area contributed by atoms with Gasteiger partial charge in [0.15, 0.2) is 0 Å². The number of nitrogens with one attached hydrogen (secondary N) is 1. The molecule has 0 aromatic rings. The molecule has 3 unspecified atom stereocenters. The van der Waals surface area contributed by atoms with Crippen molar-refractivity contribution in [2.24, 2.45) is 17.0 Å². The Bertz CT molecular complexity index is 193. The molecule has 2 bridgehead atoms. The Balaban J connectivity index is 2.21. The monoisotopic (exact) mass is 156 g/mol. The van der Waals surface area contributed by atoms with Crippen molar-refractivity contribution in [3.05, 3.63) is 0 Å². The first kappa shape index (κ1) is 7.06. The van der Waals surface area contributed by atoms with Gasteiger partial charge < -0.3 is 10.4 Å². The van der Waals surface area contributed by atoms with Crippen LogP contribution in [0.4, 0.5) is 0 Å². The van der Waals surface area contributed by atoms with Crippen molar-refractivity contribution in [1.82, 2.24) is 5.48 Å². The summed E-state index contributed by atoms with van der Waals surface area (Å²) in [5.41, 5.74) is 2.95. The number of fused-ring (bicyclic) bond motifs is 2. The maximum Gasteiger partial charge on any atom is 0.0796 e. The second-order valence-electron chi connectivity index (χ2n) is 3.40. The van der Waals surface area contributed by atoms with Gasteiger partial charge in [0.2, 0.25) is 0 Å². The highest BCUT2D eigenvalue weighted by atomic mass is 16.5. The van der Waals surface area contributed by atoms with E-state index in [-0.39, 0.29) is 6.04 Å². The third kappa shape index (κ3) is 0.862. The lowest BCUT2D eigenvalue weighted by Gasteiger charge is -2.20. The molecule has 3 N–H and O–H groups in total. The van der Waals surface area contributed by atoms with Crippen molar-refractivity contribution in [2.75, 3.05) is 0 Å². The average Bonchev–Trinajstić information content (AvgIpc) is 2.60. The number of hydrogen-bond donors (Lipinski definition) is 3. The van der Waals surface area contributed by atoms with Crippen LogP contribution in [0.3, 0.4) is 0 Å². The van der Waals surface area contributed by atoms with E-state index < -0.39 is 0 Å². The van der Waals surface area contributed by atoms with E-state index in [0.29, 0.717) is 11.8 Å². The minimum Gasteiger partial charge on any atom is -0.411 e. The standard InChI is InChI=1S/C7H12N2O2/c10-8-6-4-1-2-5(3-4)7(6)9-11/h4-6,8,10-11H,1-3H2. The minimum atomic E-state index is -0.0845. The van der Waals surface area contributed by atoms with Gasteiger partial charge in [-0.1, -0.05) is 5.16 Å². The largest absolute Gasteiger partial charge is 0.411 e. The maximum absolute atomic E-state index is 8.75. The smallest absolute Gasteiger partial charge is 0.0796 e. The Labute approximate surface area is 64.9 Å². The van der Waals surface area contributed by atoms with Crippen LogP contribution in [0.15, 0.2) is 5.16 Å². The second-order valence-corrected chi connectivity index (χ2v) is 3.40.